The number of aromatic hydroxyl groups is 1. The Labute approximate surface area is 113 Å². The molecule has 2 aromatic rings. The number of methoxy groups -OCH3 is 1. The van der Waals surface area contributed by atoms with Crippen LogP contribution < -0.4 is 4.74 Å². The van der Waals surface area contributed by atoms with Gasteiger partial charge in [0.2, 0.25) is 0 Å². The molecule has 0 saturated carbocycles. The zero-order chi connectivity index (χ0) is 13.7. The summed E-state index contributed by atoms with van der Waals surface area (Å²) in [7, 11) is 3.58. The van der Waals surface area contributed by atoms with E-state index in [4.69, 9.17) is 4.74 Å². The van der Waals surface area contributed by atoms with E-state index in [1.165, 1.54) is 5.56 Å². The van der Waals surface area contributed by atoms with Crippen LogP contribution in [0, 0.1) is 0 Å². The SMILES string of the molecule is COc1ccc(CN(C)Cc2cccnc2)cc1O. The normalized spacial score (nSPS) is 10.7. The summed E-state index contributed by atoms with van der Waals surface area (Å²) >= 11 is 0. The second-order valence-corrected chi connectivity index (χ2v) is 4.54. The molecule has 0 aliphatic carbocycles. The van der Waals surface area contributed by atoms with Gasteiger partial charge in [-0.3, -0.25) is 9.88 Å². The average Bonchev–Trinajstić information content (AvgIpc) is 2.40. The smallest absolute Gasteiger partial charge is 0.160 e. The van der Waals surface area contributed by atoms with E-state index in [1.807, 2.05) is 25.4 Å². The first-order chi connectivity index (χ1) is 9.19. The van der Waals surface area contributed by atoms with Crippen molar-refractivity contribution in [3.05, 3.63) is 53.9 Å². The van der Waals surface area contributed by atoms with E-state index >= 15 is 0 Å². The maximum absolute atomic E-state index is 9.74. The van der Waals surface area contributed by atoms with Crippen molar-refractivity contribution < 1.29 is 9.84 Å². The number of rotatable bonds is 5. The minimum absolute atomic E-state index is 0.176. The highest BCUT2D eigenvalue weighted by Gasteiger charge is 2.05. The minimum Gasteiger partial charge on any atom is -0.504 e. The third kappa shape index (κ3) is 3.69. The molecule has 0 atom stereocenters. The lowest BCUT2D eigenvalue weighted by molar-refractivity contribution is 0.317. The largest absolute Gasteiger partial charge is 0.504 e. The topological polar surface area (TPSA) is 45.6 Å². The Morgan fingerprint density at radius 2 is 2.00 bits per heavy atom. The van der Waals surface area contributed by atoms with Crippen molar-refractivity contribution in [2.75, 3.05) is 14.2 Å². The predicted octanol–water partition coefficient (Wildman–Crippen LogP) is 2.43. The van der Waals surface area contributed by atoms with Crippen molar-refractivity contribution in [3.63, 3.8) is 0 Å². The van der Waals surface area contributed by atoms with Gasteiger partial charge in [-0.2, -0.15) is 0 Å². The molecule has 19 heavy (non-hydrogen) atoms. The van der Waals surface area contributed by atoms with E-state index < -0.39 is 0 Å². The quantitative estimate of drug-likeness (QED) is 0.894. The lowest BCUT2D eigenvalue weighted by Crippen LogP contribution is -2.17. The number of phenolic OH excluding ortho intramolecular Hbond substituents is 1. The standard InChI is InChI=1S/C15H18N2O2/c1-17(11-13-4-3-7-16-9-13)10-12-5-6-15(19-2)14(18)8-12/h3-9,18H,10-11H2,1-2H3. The third-order valence-corrected chi connectivity index (χ3v) is 2.87. The summed E-state index contributed by atoms with van der Waals surface area (Å²) in [5.41, 5.74) is 2.22. The third-order valence-electron chi connectivity index (χ3n) is 2.87. The highest BCUT2D eigenvalue weighted by Crippen LogP contribution is 2.26. The van der Waals surface area contributed by atoms with Crippen molar-refractivity contribution >= 4 is 0 Å². The summed E-state index contributed by atoms with van der Waals surface area (Å²) in [5, 5.41) is 9.74. The number of pyridine rings is 1. The van der Waals surface area contributed by atoms with E-state index in [9.17, 15) is 5.11 Å². The highest BCUT2D eigenvalue weighted by atomic mass is 16.5. The van der Waals surface area contributed by atoms with Crippen LogP contribution in [-0.2, 0) is 13.1 Å². The molecule has 0 aliphatic rings. The fourth-order valence-electron chi connectivity index (χ4n) is 2.00. The summed E-state index contributed by atoms with van der Waals surface area (Å²) < 4.78 is 5.03. The van der Waals surface area contributed by atoms with Gasteiger partial charge in [-0.15, -0.1) is 0 Å². The molecule has 0 aliphatic heterocycles. The molecule has 2 rings (SSSR count). The summed E-state index contributed by atoms with van der Waals surface area (Å²) in [4.78, 5) is 6.26. The number of hydrogen-bond donors (Lipinski definition) is 1. The van der Waals surface area contributed by atoms with Gasteiger partial charge in [0, 0.05) is 25.5 Å². The number of ether oxygens (including phenoxy) is 1. The molecule has 0 fully saturated rings. The maximum Gasteiger partial charge on any atom is 0.160 e. The molecule has 0 spiro atoms. The molecule has 0 radical (unpaired) electrons. The molecule has 0 bridgehead atoms. The van der Waals surface area contributed by atoms with Gasteiger partial charge in [-0.05, 0) is 36.4 Å². The van der Waals surface area contributed by atoms with Crippen molar-refractivity contribution in [2.45, 2.75) is 13.1 Å². The molecule has 1 aromatic carbocycles. The van der Waals surface area contributed by atoms with Crippen LogP contribution in [0.2, 0.25) is 0 Å². The molecule has 0 unspecified atom stereocenters. The van der Waals surface area contributed by atoms with E-state index in [2.05, 4.69) is 16.0 Å². The Balaban J connectivity index is 1.99. The molecular weight excluding hydrogens is 240 g/mol. The van der Waals surface area contributed by atoms with Gasteiger partial charge < -0.3 is 9.84 Å². The number of nitrogens with zero attached hydrogens (tertiary/aromatic N) is 2. The zero-order valence-corrected chi connectivity index (χ0v) is 11.2. The Morgan fingerprint density at radius 3 is 2.63 bits per heavy atom. The van der Waals surface area contributed by atoms with Crippen molar-refractivity contribution in [1.29, 1.82) is 0 Å². The van der Waals surface area contributed by atoms with Crippen LogP contribution in [0.25, 0.3) is 0 Å². The van der Waals surface area contributed by atoms with Crippen molar-refractivity contribution in [3.8, 4) is 11.5 Å². The van der Waals surface area contributed by atoms with Gasteiger partial charge in [0.25, 0.3) is 0 Å². The molecular formula is C15H18N2O2. The van der Waals surface area contributed by atoms with Gasteiger partial charge in [-0.1, -0.05) is 12.1 Å². The molecule has 100 valence electrons. The summed E-state index contributed by atoms with van der Waals surface area (Å²) in [5.74, 6) is 0.674. The minimum atomic E-state index is 0.176. The molecule has 1 aromatic heterocycles. The highest BCUT2D eigenvalue weighted by molar-refractivity contribution is 5.41. The second kappa shape index (κ2) is 6.20. The lowest BCUT2D eigenvalue weighted by Gasteiger charge is -2.17. The Hall–Kier alpha value is -2.07. The molecule has 4 heteroatoms. The molecule has 4 nitrogen and oxygen atoms in total. The monoisotopic (exact) mass is 258 g/mol. The van der Waals surface area contributed by atoms with Gasteiger partial charge in [0.05, 0.1) is 7.11 Å². The molecule has 0 saturated heterocycles. The second-order valence-electron chi connectivity index (χ2n) is 4.54. The number of aromatic nitrogens is 1. The van der Waals surface area contributed by atoms with Crippen molar-refractivity contribution in [1.82, 2.24) is 9.88 Å². The van der Waals surface area contributed by atoms with Crippen LogP contribution in [-0.4, -0.2) is 29.1 Å². The maximum atomic E-state index is 9.74. The first-order valence-corrected chi connectivity index (χ1v) is 6.12. The Morgan fingerprint density at radius 1 is 1.21 bits per heavy atom. The number of phenols is 1. The summed E-state index contributed by atoms with van der Waals surface area (Å²) in [6.45, 7) is 1.58. The Bertz CT molecular complexity index is 529. The van der Waals surface area contributed by atoms with Gasteiger partial charge in [-0.25, -0.2) is 0 Å². The first-order valence-electron chi connectivity index (χ1n) is 6.12. The van der Waals surface area contributed by atoms with Gasteiger partial charge in [0.1, 0.15) is 0 Å². The van der Waals surface area contributed by atoms with E-state index in [0.29, 0.717) is 5.75 Å². The van der Waals surface area contributed by atoms with Crippen molar-refractivity contribution in [2.24, 2.45) is 0 Å². The fraction of sp³-hybridized carbons (Fsp3) is 0.267. The van der Waals surface area contributed by atoms with Crippen LogP contribution in [0.4, 0.5) is 0 Å². The van der Waals surface area contributed by atoms with Crippen LogP contribution in [0.5, 0.6) is 11.5 Å². The van der Waals surface area contributed by atoms with E-state index in [1.54, 1.807) is 25.4 Å². The van der Waals surface area contributed by atoms with Crippen LogP contribution in [0.3, 0.4) is 0 Å². The van der Waals surface area contributed by atoms with Gasteiger partial charge >= 0.3 is 0 Å². The molecule has 1 heterocycles. The Kier molecular flexibility index (Phi) is 4.36. The molecule has 0 amide bonds. The predicted molar refractivity (Wildman–Crippen MR) is 74.1 cm³/mol. The van der Waals surface area contributed by atoms with Gasteiger partial charge in [0.15, 0.2) is 11.5 Å². The first kappa shape index (κ1) is 13.4. The zero-order valence-electron chi connectivity index (χ0n) is 11.2. The van der Waals surface area contributed by atoms with E-state index in [-0.39, 0.29) is 5.75 Å². The van der Waals surface area contributed by atoms with Crippen LogP contribution in [0.15, 0.2) is 42.7 Å². The number of benzene rings is 1. The average molecular weight is 258 g/mol. The van der Waals surface area contributed by atoms with Crippen LogP contribution in [0.1, 0.15) is 11.1 Å². The number of hydrogen-bond acceptors (Lipinski definition) is 4. The summed E-state index contributed by atoms with van der Waals surface area (Å²) in [6, 6.07) is 9.46. The molecule has 1 N–H and O–H groups in total. The fourth-order valence-corrected chi connectivity index (χ4v) is 2.00. The summed E-state index contributed by atoms with van der Waals surface area (Å²) in [6.07, 6.45) is 3.63. The lowest BCUT2D eigenvalue weighted by atomic mass is 10.2. The van der Waals surface area contributed by atoms with E-state index in [0.717, 1.165) is 18.7 Å². The van der Waals surface area contributed by atoms with Crippen LogP contribution >= 0.6 is 0 Å².